The van der Waals surface area contributed by atoms with Gasteiger partial charge >= 0.3 is 0 Å². The highest BCUT2D eigenvalue weighted by Crippen LogP contribution is 2.22. The van der Waals surface area contributed by atoms with Crippen LogP contribution in [0, 0.1) is 0 Å². The number of nitrogens with zero attached hydrogens (tertiary/aromatic N) is 1. The second kappa shape index (κ2) is 4.65. The molecule has 0 atom stereocenters. The summed E-state index contributed by atoms with van der Waals surface area (Å²) in [5.74, 6) is 0. The maximum Gasteiger partial charge on any atom is 0.101 e. The summed E-state index contributed by atoms with van der Waals surface area (Å²) in [5, 5.41) is -0.176. The Hall–Kier alpha value is -0.310. The molecular formula is C9H16NOS-. The van der Waals surface area contributed by atoms with E-state index in [1.807, 2.05) is 11.8 Å². The monoisotopic (exact) mass is 186 g/mol. The zero-order valence-electron chi connectivity index (χ0n) is 7.58. The van der Waals surface area contributed by atoms with Crippen LogP contribution in [-0.2, 0) is 12.6 Å². The van der Waals surface area contributed by atoms with E-state index in [1.165, 1.54) is 19.3 Å². The molecule has 12 heavy (non-hydrogen) atoms. The van der Waals surface area contributed by atoms with Crippen LogP contribution in [0.2, 0.25) is 0 Å². The van der Waals surface area contributed by atoms with Gasteiger partial charge in [0.1, 0.15) is 5.24 Å². The van der Waals surface area contributed by atoms with E-state index in [9.17, 15) is 4.79 Å². The Morgan fingerprint density at radius 3 is 2.42 bits per heavy atom. The van der Waals surface area contributed by atoms with Crippen molar-refractivity contribution in [2.75, 3.05) is 6.54 Å². The SMILES string of the molecule is CCN(C(=O)[S-])C1CCCCC1. The van der Waals surface area contributed by atoms with Crippen molar-refractivity contribution in [3.63, 3.8) is 0 Å². The van der Waals surface area contributed by atoms with Gasteiger partial charge in [-0.2, -0.15) is 0 Å². The van der Waals surface area contributed by atoms with Gasteiger partial charge in [0.15, 0.2) is 0 Å². The summed E-state index contributed by atoms with van der Waals surface area (Å²) in [6.07, 6.45) is 6.12. The maximum absolute atomic E-state index is 11.0. The van der Waals surface area contributed by atoms with Crippen LogP contribution >= 0.6 is 0 Å². The Labute approximate surface area is 79.7 Å². The molecule has 1 amide bonds. The van der Waals surface area contributed by atoms with Crippen molar-refractivity contribution < 1.29 is 4.79 Å². The van der Waals surface area contributed by atoms with Crippen molar-refractivity contribution in [1.82, 2.24) is 4.90 Å². The predicted octanol–water partition coefficient (Wildman–Crippen LogP) is 2.31. The molecule has 3 heteroatoms. The molecule has 0 radical (unpaired) electrons. The summed E-state index contributed by atoms with van der Waals surface area (Å²) >= 11 is 4.67. The molecule has 0 aromatic heterocycles. The first kappa shape index (κ1) is 9.78. The van der Waals surface area contributed by atoms with Crippen LogP contribution in [0.4, 0.5) is 4.79 Å². The summed E-state index contributed by atoms with van der Waals surface area (Å²) in [6.45, 7) is 2.77. The molecule has 1 fully saturated rings. The molecule has 1 saturated carbocycles. The fourth-order valence-electron chi connectivity index (χ4n) is 1.93. The summed E-state index contributed by atoms with van der Waals surface area (Å²) < 4.78 is 0. The fraction of sp³-hybridized carbons (Fsp3) is 0.889. The number of rotatable bonds is 2. The van der Waals surface area contributed by atoms with Gasteiger partial charge in [-0.15, -0.1) is 0 Å². The van der Waals surface area contributed by atoms with E-state index in [4.69, 9.17) is 0 Å². The summed E-state index contributed by atoms with van der Waals surface area (Å²) in [7, 11) is 0. The van der Waals surface area contributed by atoms with E-state index < -0.39 is 0 Å². The molecule has 2 nitrogen and oxygen atoms in total. The molecule has 0 bridgehead atoms. The number of hydrogen-bond acceptors (Lipinski definition) is 2. The highest BCUT2D eigenvalue weighted by Gasteiger charge is 2.18. The third kappa shape index (κ3) is 2.34. The molecule has 0 heterocycles. The van der Waals surface area contributed by atoms with Gasteiger partial charge in [0.05, 0.1) is 0 Å². The normalized spacial score (nSPS) is 19.1. The van der Waals surface area contributed by atoms with Gasteiger partial charge in [0.2, 0.25) is 0 Å². The molecule has 70 valence electrons. The molecular weight excluding hydrogens is 170 g/mol. The molecule has 0 aromatic carbocycles. The third-order valence-corrected chi connectivity index (χ3v) is 2.83. The molecule has 1 aliphatic rings. The molecule has 1 rings (SSSR count). The fourth-order valence-corrected chi connectivity index (χ4v) is 2.21. The predicted molar refractivity (Wildman–Crippen MR) is 52.0 cm³/mol. The number of carbonyl (C=O) groups excluding carboxylic acids is 1. The highest BCUT2D eigenvalue weighted by atomic mass is 32.1. The zero-order valence-corrected chi connectivity index (χ0v) is 8.40. The van der Waals surface area contributed by atoms with Crippen LogP contribution in [0.1, 0.15) is 39.0 Å². The Balaban J connectivity index is 2.46. The minimum Gasteiger partial charge on any atom is -0.719 e. The van der Waals surface area contributed by atoms with E-state index in [2.05, 4.69) is 12.6 Å². The quantitative estimate of drug-likeness (QED) is 0.617. The van der Waals surface area contributed by atoms with Gasteiger partial charge in [-0.1, -0.05) is 19.3 Å². The standard InChI is InChI=1S/C9H17NOS/c1-2-10(9(11)12)8-6-4-3-5-7-8/h8H,2-7H2,1H3,(H,11,12)/p-1. The van der Waals surface area contributed by atoms with Gasteiger partial charge in [0.25, 0.3) is 0 Å². The van der Waals surface area contributed by atoms with Crippen LogP contribution in [0.3, 0.4) is 0 Å². The highest BCUT2D eigenvalue weighted by molar-refractivity contribution is 7.76. The number of hydrogen-bond donors (Lipinski definition) is 0. The topological polar surface area (TPSA) is 20.3 Å². The second-order valence-electron chi connectivity index (χ2n) is 3.34. The smallest absolute Gasteiger partial charge is 0.101 e. The molecule has 0 N–H and O–H groups in total. The second-order valence-corrected chi connectivity index (χ2v) is 3.69. The number of amides is 1. The Kier molecular flexibility index (Phi) is 3.79. The number of carbonyl (C=O) groups is 1. The minimum atomic E-state index is -0.176. The first-order valence-corrected chi connectivity index (χ1v) is 5.14. The molecule has 0 spiro atoms. The van der Waals surface area contributed by atoms with Crippen molar-refractivity contribution in [2.45, 2.75) is 45.1 Å². The van der Waals surface area contributed by atoms with Crippen LogP contribution in [0.25, 0.3) is 0 Å². The van der Waals surface area contributed by atoms with Gasteiger partial charge in [-0.25, -0.2) is 0 Å². The summed E-state index contributed by atoms with van der Waals surface area (Å²) in [6, 6.07) is 0.439. The molecule has 0 saturated heterocycles. The summed E-state index contributed by atoms with van der Waals surface area (Å²) in [5.41, 5.74) is 0. The van der Waals surface area contributed by atoms with Gasteiger partial charge in [0, 0.05) is 12.6 Å². The zero-order chi connectivity index (χ0) is 8.97. The molecule has 0 aromatic rings. The Bertz CT molecular complexity index is 155. The van der Waals surface area contributed by atoms with E-state index in [-0.39, 0.29) is 5.24 Å². The summed E-state index contributed by atoms with van der Waals surface area (Å²) in [4.78, 5) is 12.8. The largest absolute Gasteiger partial charge is 0.719 e. The van der Waals surface area contributed by atoms with Crippen molar-refractivity contribution in [2.24, 2.45) is 0 Å². The molecule has 0 aliphatic heterocycles. The van der Waals surface area contributed by atoms with E-state index >= 15 is 0 Å². The van der Waals surface area contributed by atoms with Crippen molar-refractivity contribution in [3.05, 3.63) is 0 Å². The van der Waals surface area contributed by atoms with Crippen LogP contribution < -0.4 is 0 Å². The average Bonchev–Trinajstić information content (AvgIpc) is 2.07. The van der Waals surface area contributed by atoms with E-state index in [0.717, 1.165) is 19.4 Å². The molecule has 1 aliphatic carbocycles. The lowest BCUT2D eigenvalue weighted by atomic mass is 9.94. The van der Waals surface area contributed by atoms with Gasteiger partial charge in [-0.3, -0.25) is 0 Å². The van der Waals surface area contributed by atoms with Gasteiger partial charge in [-0.05, 0) is 19.8 Å². The maximum atomic E-state index is 11.0. The Morgan fingerprint density at radius 2 is 2.00 bits per heavy atom. The van der Waals surface area contributed by atoms with Crippen molar-refractivity contribution in [3.8, 4) is 0 Å². The average molecular weight is 186 g/mol. The third-order valence-electron chi connectivity index (χ3n) is 2.59. The van der Waals surface area contributed by atoms with Crippen LogP contribution in [0.5, 0.6) is 0 Å². The lowest BCUT2D eigenvalue weighted by Crippen LogP contribution is -2.39. The minimum absolute atomic E-state index is 0.176. The first-order chi connectivity index (χ1) is 5.75. The van der Waals surface area contributed by atoms with E-state index in [0.29, 0.717) is 6.04 Å². The van der Waals surface area contributed by atoms with Crippen molar-refractivity contribution >= 4 is 17.9 Å². The van der Waals surface area contributed by atoms with Gasteiger partial charge < -0.3 is 22.3 Å². The first-order valence-electron chi connectivity index (χ1n) is 4.73. The Morgan fingerprint density at radius 1 is 1.42 bits per heavy atom. The van der Waals surface area contributed by atoms with Crippen LogP contribution in [0.15, 0.2) is 0 Å². The van der Waals surface area contributed by atoms with E-state index in [1.54, 1.807) is 0 Å². The lowest BCUT2D eigenvalue weighted by Gasteiger charge is -2.36. The van der Waals surface area contributed by atoms with Crippen molar-refractivity contribution in [1.29, 1.82) is 0 Å². The lowest BCUT2D eigenvalue weighted by molar-refractivity contribution is 0.182. The van der Waals surface area contributed by atoms with Crippen LogP contribution in [-0.4, -0.2) is 22.7 Å². The molecule has 0 unspecified atom stereocenters.